The Morgan fingerprint density at radius 3 is 2.72 bits per heavy atom. The van der Waals surface area contributed by atoms with Gasteiger partial charge in [0.05, 0.1) is 41.0 Å². The molecule has 4 aromatic rings. The molecule has 1 amide bonds. The van der Waals surface area contributed by atoms with Crippen LogP contribution in [0.25, 0.3) is 16.6 Å². The van der Waals surface area contributed by atoms with Crippen molar-refractivity contribution in [3.05, 3.63) is 78.2 Å². The van der Waals surface area contributed by atoms with Crippen molar-refractivity contribution in [2.24, 2.45) is 0 Å². The number of amides is 1. The van der Waals surface area contributed by atoms with Gasteiger partial charge >= 0.3 is 0 Å². The van der Waals surface area contributed by atoms with Crippen LogP contribution < -0.4 is 15.0 Å². The van der Waals surface area contributed by atoms with Gasteiger partial charge in [-0.05, 0) is 51.0 Å². The van der Waals surface area contributed by atoms with E-state index in [0.29, 0.717) is 29.8 Å². The molecule has 0 saturated carbocycles. The second-order valence-corrected chi connectivity index (χ2v) is 11.0. The van der Waals surface area contributed by atoms with Gasteiger partial charge in [0, 0.05) is 30.4 Å². The molecule has 0 radical (unpaired) electrons. The Morgan fingerprint density at radius 1 is 1.23 bits per heavy atom. The smallest absolute Gasteiger partial charge is 0.224 e. The summed E-state index contributed by atoms with van der Waals surface area (Å²) in [6.07, 6.45) is 6.18. The number of nitrogens with one attached hydrogen (secondary N) is 1. The van der Waals surface area contributed by atoms with Crippen LogP contribution in [0.3, 0.4) is 0 Å². The number of hydrogen-bond acceptors (Lipinski definition) is 7. The molecule has 0 aliphatic carbocycles. The van der Waals surface area contributed by atoms with Gasteiger partial charge in [0.15, 0.2) is 0 Å². The fourth-order valence-electron chi connectivity index (χ4n) is 4.89. The number of aliphatic hydroxyl groups is 1. The molecule has 1 unspecified atom stereocenters. The maximum Gasteiger partial charge on any atom is 0.224 e. The minimum Gasteiger partial charge on any atom is -0.489 e. The molecule has 5 rings (SSSR count). The number of carbonyl (C=O) groups excluding carboxylic acids is 1. The largest absolute Gasteiger partial charge is 0.489 e. The number of hydrogen-bond donors (Lipinski definition) is 2. The zero-order valence-electron chi connectivity index (χ0n) is 22.4. The van der Waals surface area contributed by atoms with E-state index in [1.165, 1.54) is 6.20 Å². The van der Waals surface area contributed by atoms with E-state index < -0.39 is 5.60 Å². The lowest BCUT2D eigenvalue weighted by atomic mass is 10.0. The standard InChI is InChI=1S/C30H32N6O3/c1-29(2,38)20-39-24-14-25(28-23(15-31)17-33-36(28)18-24)22-9-10-26(32-16-22)35-12-11-30(3,19-35)34-27(37)13-21-7-5-4-6-8-21/h4-10,14,16-18,38H,11-13,19-20H2,1-3H3,(H,34,37). The van der Waals surface area contributed by atoms with Gasteiger partial charge in [0.2, 0.25) is 5.91 Å². The third-order valence-corrected chi connectivity index (χ3v) is 6.80. The van der Waals surface area contributed by atoms with Crippen molar-refractivity contribution in [1.29, 1.82) is 5.26 Å². The van der Waals surface area contributed by atoms with E-state index in [-0.39, 0.29) is 18.1 Å². The normalized spacial score (nSPS) is 17.3. The van der Waals surface area contributed by atoms with Crippen LogP contribution in [0.1, 0.15) is 38.3 Å². The molecule has 0 bridgehead atoms. The Balaban J connectivity index is 1.33. The molecule has 9 heteroatoms. The number of nitrogens with zero attached hydrogens (tertiary/aromatic N) is 5. The van der Waals surface area contributed by atoms with Crippen molar-refractivity contribution < 1.29 is 14.6 Å². The molecular weight excluding hydrogens is 492 g/mol. The molecule has 1 atom stereocenters. The summed E-state index contributed by atoms with van der Waals surface area (Å²) in [7, 11) is 0. The minimum atomic E-state index is -0.995. The molecule has 1 fully saturated rings. The summed E-state index contributed by atoms with van der Waals surface area (Å²) in [5, 5.41) is 27.2. The highest BCUT2D eigenvalue weighted by Crippen LogP contribution is 2.32. The number of nitriles is 1. The zero-order valence-corrected chi connectivity index (χ0v) is 22.4. The minimum absolute atomic E-state index is 0.0127. The van der Waals surface area contributed by atoms with Gasteiger partial charge in [-0.2, -0.15) is 10.4 Å². The summed E-state index contributed by atoms with van der Waals surface area (Å²) in [5.74, 6) is 1.36. The first-order valence-corrected chi connectivity index (χ1v) is 13.0. The number of anilines is 1. The lowest BCUT2D eigenvalue weighted by Crippen LogP contribution is -2.48. The highest BCUT2D eigenvalue weighted by Gasteiger charge is 2.35. The number of fused-ring (bicyclic) bond motifs is 1. The van der Waals surface area contributed by atoms with Gasteiger partial charge in [-0.3, -0.25) is 4.79 Å². The van der Waals surface area contributed by atoms with Crippen LogP contribution in [-0.4, -0.2) is 56.4 Å². The average Bonchev–Trinajstić information content (AvgIpc) is 3.50. The molecule has 2 N–H and O–H groups in total. The summed E-state index contributed by atoms with van der Waals surface area (Å²) < 4.78 is 7.44. The van der Waals surface area contributed by atoms with Gasteiger partial charge < -0.3 is 20.1 Å². The molecule has 200 valence electrons. The van der Waals surface area contributed by atoms with E-state index in [1.807, 2.05) is 48.5 Å². The van der Waals surface area contributed by atoms with Crippen LogP contribution in [0.5, 0.6) is 5.75 Å². The van der Waals surface area contributed by atoms with Gasteiger partial charge in [0.1, 0.15) is 24.2 Å². The lowest BCUT2D eigenvalue weighted by molar-refractivity contribution is -0.122. The van der Waals surface area contributed by atoms with E-state index in [2.05, 4.69) is 28.3 Å². The van der Waals surface area contributed by atoms with Crippen molar-refractivity contribution in [1.82, 2.24) is 19.9 Å². The van der Waals surface area contributed by atoms with E-state index in [0.717, 1.165) is 35.5 Å². The molecule has 1 saturated heterocycles. The third kappa shape index (κ3) is 6.02. The average molecular weight is 525 g/mol. The quantitative estimate of drug-likeness (QED) is 0.361. The lowest BCUT2D eigenvalue weighted by Gasteiger charge is -2.26. The van der Waals surface area contributed by atoms with E-state index >= 15 is 0 Å². The molecule has 9 nitrogen and oxygen atoms in total. The highest BCUT2D eigenvalue weighted by molar-refractivity contribution is 5.85. The molecule has 39 heavy (non-hydrogen) atoms. The number of benzene rings is 1. The summed E-state index contributed by atoms with van der Waals surface area (Å²) in [6, 6.07) is 17.7. The van der Waals surface area contributed by atoms with Crippen molar-refractivity contribution in [3.8, 4) is 22.9 Å². The monoisotopic (exact) mass is 524 g/mol. The summed E-state index contributed by atoms with van der Waals surface area (Å²) in [4.78, 5) is 19.6. The molecule has 1 aliphatic rings. The topological polar surface area (TPSA) is 116 Å². The first-order chi connectivity index (χ1) is 18.6. The zero-order chi connectivity index (χ0) is 27.6. The van der Waals surface area contributed by atoms with Crippen LogP contribution in [0.2, 0.25) is 0 Å². The number of aromatic nitrogens is 3. The maximum atomic E-state index is 12.7. The Kier molecular flexibility index (Phi) is 6.98. The first kappa shape index (κ1) is 26.2. The van der Waals surface area contributed by atoms with Gasteiger partial charge in [-0.25, -0.2) is 9.50 Å². The first-order valence-electron chi connectivity index (χ1n) is 13.0. The molecule has 1 aromatic carbocycles. The Morgan fingerprint density at radius 2 is 2.03 bits per heavy atom. The molecular formula is C30H32N6O3. The third-order valence-electron chi connectivity index (χ3n) is 6.80. The van der Waals surface area contributed by atoms with Gasteiger partial charge in [0.25, 0.3) is 0 Å². The number of rotatable bonds is 8. The van der Waals surface area contributed by atoms with Crippen LogP contribution in [0.15, 0.2) is 67.1 Å². The van der Waals surface area contributed by atoms with Crippen LogP contribution >= 0.6 is 0 Å². The summed E-state index contributed by atoms with van der Waals surface area (Å²) in [5.41, 5.74) is 2.34. The summed E-state index contributed by atoms with van der Waals surface area (Å²) in [6.45, 7) is 6.97. The van der Waals surface area contributed by atoms with Crippen molar-refractivity contribution >= 4 is 17.2 Å². The highest BCUT2D eigenvalue weighted by atomic mass is 16.5. The van der Waals surface area contributed by atoms with E-state index in [9.17, 15) is 15.2 Å². The Hall–Kier alpha value is -4.42. The predicted molar refractivity (Wildman–Crippen MR) is 148 cm³/mol. The van der Waals surface area contributed by atoms with Crippen molar-refractivity contribution in [2.45, 2.75) is 44.8 Å². The predicted octanol–water partition coefficient (Wildman–Crippen LogP) is 3.75. The van der Waals surface area contributed by atoms with Crippen LogP contribution in [0, 0.1) is 11.3 Å². The van der Waals surface area contributed by atoms with Gasteiger partial charge in [-0.1, -0.05) is 30.3 Å². The van der Waals surface area contributed by atoms with Crippen LogP contribution in [0.4, 0.5) is 5.82 Å². The fraction of sp³-hybridized carbons (Fsp3) is 0.333. The van der Waals surface area contributed by atoms with Crippen molar-refractivity contribution in [2.75, 3.05) is 24.6 Å². The number of ether oxygens (including phenoxy) is 1. The SMILES string of the molecule is CC(C)(O)COc1cc(-c2ccc(N3CCC(C)(NC(=O)Cc4ccccc4)C3)nc2)c2c(C#N)cnn2c1. The molecule has 4 heterocycles. The molecule has 0 spiro atoms. The number of pyridine rings is 2. The van der Waals surface area contributed by atoms with E-state index in [4.69, 9.17) is 9.72 Å². The molecule has 3 aromatic heterocycles. The van der Waals surface area contributed by atoms with Crippen molar-refractivity contribution in [3.63, 3.8) is 0 Å². The maximum absolute atomic E-state index is 12.7. The Bertz CT molecular complexity index is 1520. The number of carbonyl (C=O) groups is 1. The summed E-state index contributed by atoms with van der Waals surface area (Å²) >= 11 is 0. The fourth-order valence-corrected chi connectivity index (χ4v) is 4.89. The van der Waals surface area contributed by atoms with E-state index in [1.54, 1.807) is 30.8 Å². The second-order valence-electron chi connectivity index (χ2n) is 11.0. The Labute approximate surface area is 227 Å². The second kappa shape index (κ2) is 10.4. The van der Waals surface area contributed by atoms with Gasteiger partial charge in [-0.15, -0.1) is 0 Å². The van der Waals surface area contributed by atoms with Crippen LogP contribution in [-0.2, 0) is 11.2 Å². The molecule has 1 aliphatic heterocycles.